The van der Waals surface area contributed by atoms with Gasteiger partial charge in [-0.25, -0.2) is 4.68 Å². The van der Waals surface area contributed by atoms with Crippen molar-refractivity contribution >= 4 is 5.97 Å². The number of esters is 1. The predicted octanol–water partition coefficient (Wildman–Crippen LogP) is 2.40. The summed E-state index contributed by atoms with van der Waals surface area (Å²) in [5.74, 6) is 5.42. The molecule has 1 aromatic carbocycles. The van der Waals surface area contributed by atoms with Gasteiger partial charge in [-0.2, -0.15) is 5.10 Å². The molecule has 1 aromatic heterocycles. The number of methoxy groups -OCH3 is 1. The molecule has 0 bridgehead atoms. The molecule has 0 aliphatic carbocycles. The summed E-state index contributed by atoms with van der Waals surface area (Å²) in [5.41, 5.74) is 3.85. The average molecular weight is 268 g/mol. The third-order valence-corrected chi connectivity index (χ3v) is 2.79. The monoisotopic (exact) mass is 268 g/mol. The Kier molecular flexibility index (Phi) is 4.21. The summed E-state index contributed by atoms with van der Waals surface area (Å²) >= 11 is 0. The summed E-state index contributed by atoms with van der Waals surface area (Å²) in [4.78, 5) is 11.0. The zero-order valence-electron chi connectivity index (χ0n) is 11.8. The van der Waals surface area contributed by atoms with Gasteiger partial charge in [0.15, 0.2) is 0 Å². The smallest absolute Gasteiger partial charge is 0.317 e. The number of hydrogen-bond donors (Lipinski definition) is 0. The lowest BCUT2D eigenvalue weighted by molar-refractivity contribution is -0.139. The molecular weight excluding hydrogens is 252 g/mol. The zero-order valence-corrected chi connectivity index (χ0v) is 11.8. The van der Waals surface area contributed by atoms with E-state index in [1.165, 1.54) is 7.11 Å². The van der Waals surface area contributed by atoms with Crippen molar-refractivity contribution in [2.75, 3.05) is 7.11 Å². The van der Waals surface area contributed by atoms with E-state index >= 15 is 0 Å². The Balaban J connectivity index is 2.24. The Morgan fingerprint density at radius 2 is 2.15 bits per heavy atom. The van der Waals surface area contributed by atoms with Gasteiger partial charge in [0.05, 0.1) is 18.5 Å². The van der Waals surface area contributed by atoms with Gasteiger partial charge in [-0.15, -0.1) is 0 Å². The highest BCUT2D eigenvalue weighted by atomic mass is 16.5. The topological polar surface area (TPSA) is 44.1 Å². The highest BCUT2D eigenvalue weighted by Crippen LogP contribution is 2.13. The largest absolute Gasteiger partial charge is 0.468 e. The maximum atomic E-state index is 11.0. The molecule has 4 nitrogen and oxygen atoms in total. The first-order chi connectivity index (χ1) is 9.60. The molecule has 2 aromatic rings. The Hall–Kier alpha value is -2.54. The third kappa shape index (κ3) is 3.27. The fraction of sp³-hybridized carbons (Fsp3) is 0.250. The van der Waals surface area contributed by atoms with Crippen molar-refractivity contribution < 1.29 is 9.53 Å². The fourth-order valence-electron chi connectivity index (χ4n) is 1.90. The van der Waals surface area contributed by atoms with Gasteiger partial charge in [0, 0.05) is 11.3 Å². The van der Waals surface area contributed by atoms with Crippen LogP contribution in [0.4, 0.5) is 0 Å². The van der Waals surface area contributed by atoms with Crippen LogP contribution in [-0.4, -0.2) is 22.9 Å². The Morgan fingerprint density at radius 1 is 1.35 bits per heavy atom. The molecule has 0 saturated carbocycles. The molecule has 0 atom stereocenters. The lowest BCUT2D eigenvalue weighted by Gasteiger charge is -2.04. The van der Waals surface area contributed by atoms with E-state index in [2.05, 4.69) is 21.7 Å². The van der Waals surface area contributed by atoms with Crippen molar-refractivity contribution in [2.24, 2.45) is 0 Å². The molecule has 0 saturated heterocycles. The lowest BCUT2D eigenvalue weighted by atomic mass is 10.2. The molecular formula is C16H16N2O2. The second-order valence-electron chi connectivity index (χ2n) is 4.44. The van der Waals surface area contributed by atoms with Crippen molar-refractivity contribution in [1.82, 2.24) is 9.78 Å². The molecule has 0 aliphatic heterocycles. The maximum absolute atomic E-state index is 11.0. The molecule has 1 heterocycles. The van der Waals surface area contributed by atoms with Crippen LogP contribution in [0.3, 0.4) is 0 Å². The van der Waals surface area contributed by atoms with Crippen LogP contribution in [0.25, 0.3) is 5.69 Å². The number of aromatic nitrogens is 2. The molecule has 0 spiro atoms. The van der Waals surface area contributed by atoms with Crippen LogP contribution in [0.1, 0.15) is 23.4 Å². The summed E-state index contributed by atoms with van der Waals surface area (Å²) in [5, 5.41) is 4.44. The van der Waals surface area contributed by atoms with Gasteiger partial charge in [0.25, 0.3) is 0 Å². The molecule has 102 valence electrons. The van der Waals surface area contributed by atoms with Gasteiger partial charge in [-0.3, -0.25) is 4.79 Å². The number of carbonyl (C=O) groups excluding carboxylic acids is 1. The van der Waals surface area contributed by atoms with E-state index in [1.807, 2.05) is 48.9 Å². The molecule has 0 aliphatic rings. The van der Waals surface area contributed by atoms with Crippen molar-refractivity contribution in [3.63, 3.8) is 0 Å². The zero-order chi connectivity index (χ0) is 14.5. The van der Waals surface area contributed by atoms with E-state index in [-0.39, 0.29) is 12.4 Å². The molecule has 20 heavy (non-hydrogen) atoms. The van der Waals surface area contributed by atoms with Crippen molar-refractivity contribution in [3.8, 4) is 17.5 Å². The molecule has 2 rings (SSSR count). The summed E-state index contributed by atoms with van der Waals surface area (Å²) in [7, 11) is 1.35. The Bertz CT molecular complexity index is 690. The minimum Gasteiger partial charge on any atom is -0.468 e. The van der Waals surface area contributed by atoms with Crippen LogP contribution in [-0.2, 0) is 9.53 Å². The van der Waals surface area contributed by atoms with E-state index in [0.29, 0.717) is 0 Å². The number of aryl methyl sites for hydroxylation is 2. The lowest BCUT2D eigenvalue weighted by Crippen LogP contribution is -1.99. The van der Waals surface area contributed by atoms with Crippen molar-refractivity contribution in [2.45, 2.75) is 20.3 Å². The van der Waals surface area contributed by atoms with Gasteiger partial charge in [0.1, 0.15) is 6.42 Å². The first-order valence-electron chi connectivity index (χ1n) is 6.29. The number of rotatable bonds is 2. The molecule has 4 heteroatoms. The number of nitrogens with zero attached hydrogens (tertiary/aromatic N) is 2. The first kappa shape index (κ1) is 13.9. The molecule has 0 N–H and O–H groups in total. The summed E-state index contributed by atoms with van der Waals surface area (Å²) in [6.07, 6.45) is 0.0979. The SMILES string of the molecule is COC(=O)CC#Cc1cccc(-n2nc(C)cc2C)c1. The van der Waals surface area contributed by atoms with Crippen molar-refractivity contribution in [3.05, 3.63) is 47.3 Å². The molecule has 0 fully saturated rings. The third-order valence-electron chi connectivity index (χ3n) is 2.79. The molecule has 0 amide bonds. The number of carbonyl (C=O) groups is 1. The maximum Gasteiger partial charge on any atom is 0.317 e. The second kappa shape index (κ2) is 6.07. The standard InChI is InChI=1S/C16H16N2O2/c1-12-10-13(2)18(17-12)15-8-4-6-14(11-15)7-5-9-16(19)20-3/h4,6,8,10-11H,9H2,1-3H3. The number of hydrogen-bond acceptors (Lipinski definition) is 3. The van der Waals surface area contributed by atoms with Gasteiger partial charge in [-0.05, 0) is 38.1 Å². The van der Waals surface area contributed by atoms with E-state index < -0.39 is 0 Å². The average Bonchev–Trinajstić information content (AvgIpc) is 2.78. The van der Waals surface area contributed by atoms with Gasteiger partial charge < -0.3 is 4.74 Å². The van der Waals surface area contributed by atoms with Crippen LogP contribution in [0, 0.1) is 25.7 Å². The first-order valence-corrected chi connectivity index (χ1v) is 6.29. The van der Waals surface area contributed by atoms with Crippen LogP contribution >= 0.6 is 0 Å². The van der Waals surface area contributed by atoms with E-state index in [1.54, 1.807) is 0 Å². The summed E-state index contributed by atoms with van der Waals surface area (Å²) < 4.78 is 6.42. The highest BCUT2D eigenvalue weighted by Gasteiger charge is 2.03. The van der Waals surface area contributed by atoms with Crippen molar-refractivity contribution in [1.29, 1.82) is 0 Å². The predicted molar refractivity (Wildman–Crippen MR) is 76.5 cm³/mol. The fourth-order valence-corrected chi connectivity index (χ4v) is 1.90. The summed E-state index contributed by atoms with van der Waals surface area (Å²) in [6, 6.07) is 9.78. The Labute approximate surface area is 118 Å². The quantitative estimate of drug-likeness (QED) is 0.620. The minimum absolute atomic E-state index is 0.0979. The molecule has 0 radical (unpaired) electrons. The van der Waals surface area contributed by atoms with Crippen LogP contribution in [0.5, 0.6) is 0 Å². The van der Waals surface area contributed by atoms with Gasteiger partial charge in [0.2, 0.25) is 0 Å². The van der Waals surface area contributed by atoms with E-state index in [0.717, 1.165) is 22.6 Å². The van der Waals surface area contributed by atoms with E-state index in [9.17, 15) is 4.79 Å². The Morgan fingerprint density at radius 3 is 2.80 bits per heavy atom. The van der Waals surface area contributed by atoms with Crippen LogP contribution in [0.15, 0.2) is 30.3 Å². The number of ether oxygens (including phenoxy) is 1. The van der Waals surface area contributed by atoms with Crippen LogP contribution < -0.4 is 0 Å². The summed E-state index contributed by atoms with van der Waals surface area (Å²) in [6.45, 7) is 3.97. The second-order valence-corrected chi connectivity index (χ2v) is 4.44. The molecule has 0 unspecified atom stereocenters. The van der Waals surface area contributed by atoms with Crippen LogP contribution in [0.2, 0.25) is 0 Å². The normalized spacial score (nSPS) is 9.75. The van der Waals surface area contributed by atoms with Gasteiger partial charge >= 0.3 is 5.97 Å². The van der Waals surface area contributed by atoms with Gasteiger partial charge in [-0.1, -0.05) is 17.9 Å². The minimum atomic E-state index is -0.327. The highest BCUT2D eigenvalue weighted by molar-refractivity contribution is 5.72. The number of benzene rings is 1. The van der Waals surface area contributed by atoms with E-state index in [4.69, 9.17) is 0 Å².